The van der Waals surface area contributed by atoms with Gasteiger partial charge in [-0.3, -0.25) is 0 Å². The summed E-state index contributed by atoms with van der Waals surface area (Å²) in [6.07, 6.45) is 2.58. The minimum absolute atomic E-state index is 0.275. The Hall–Kier alpha value is 0.0700. The van der Waals surface area contributed by atoms with Gasteiger partial charge < -0.3 is 4.74 Å². The molecule has 1 atom stereocenters. The van der Waals surface area contributed by atoms with E-state index >= 15 is 0 Å². The van der Waals surface area contributed by atoms with Crippen LogP contribution in [0.15, 0.2) is 0 Å². The zero-order chi connectivity index (χ0) is 9.26. The lowest BCUT2D eigenvalue weighted by atomic mass is 10.2. The van der Waals surface area contributed by atoms with Crippen molar-refractivity contribution in [3.05, 3.63) is 15.6 Å². The molecule has 0 amide bonds. The highest BCUT2D eigenvalue weighted by Gasteiger charge is 2.21. The van der Waals surface area contributed by atoms with E-state index < -0.39 is 0 Å². The topological polar surface area (TPSA) is 22.1 Å². The summed E-state index contributed by atoms with van der Waals surface area (Å²) in [6.45, 7) is 2.96. The number of alkyl halides is 1. The molecule has 2 rings (SSSR count). The Balaban J connectivity index is 2.20. The van der Waals surface area contributed by atoms with Crippen LogP contribution in [0, 0.1) is 6.92 Å². The molecule has 1 fully saturated rings. The first-order valence-corrected chi connectivity index (χ1v) is 6.39. The lowest BCUT2D eigenvalue weighted by Gasteiger charge is -2.02. The van der Waals surface area contributed by atoms with Gasteiger partial charge in [0.05, 0.1) is 5.69 Å². The van der Waals surface area contributed by atoms with Gasteiger partial charge in [-0.15, -0.1) is 11.3 Å². The maximum absolute atomic E-state index is 5.58. The fourth-order valence-corrected chi connectivity index (χ4v) is 3.23. The van der Waals surface area contributed by atoms with Crippen LogP contribution in [0.3, 0.4) is 0 Å². The van der Waals surface area contributed by atoms with E-state index in [4.69, 9.17) is 4.74 Å². The summed E-state index contributed by atoms with van der Waals surface area (Å²) < 4.78 is 5.58. The molecule has 1 saturated heterocycles. The first kappa shape index (κ1) is 9.62. The van der Waals surface area contributed by atoms with Crippen molar-refractivity contribution in [2.45, 2.75) is 31.2 Å². The van der Waals surface area contributed by atoms with Gasteiger partial charge in [-0.1, -0.05) is 15.9 Å². The van der Waals surface area contributed by atoms with Crippen LogP contribution in [-0.2, 0) is 10.1 Å². The molecule has 0 spiro atoms. The second-order valence-corrected chi connectivity index (χ2v) is 4.87. The predicted molar refractivity (Wildman–Crippen MR) is 57.4 cm³/mol. The van der Waals surface area contributed by atoms with E-state index in [-0.39, 0.29) is 6.10 Å². The van der Waals surface area contributed by atoms with Gasteiger partial charge in [-0.2, -0.15) is 0 Å². The highest BCUT2D eigenvalue weighted by Crippen LogP contribution is 2.33. The van der Waals surface area contributed by atoms with Gasteiger partial charge in [0, 0.05) is 16.8 Å². The fourth-order valence-electron chi connectivity index (χ4n) is 1.48. The Bertz CT molecular complexity index is 294. The van der Waals surface area contributed by atoms with Crippen molar-refractivity contribution in [3.8, 4) is 0 Å². The Morgan fingerprint density at radius 2 is 2.54 bits per heavy atom. The van der Waals surface area contributed by atoms with Crippen molar-refractivity contribution in [3.63, 3.8) is 0 Å². The summed E-state index contributed by atoms with van der Waals surface area (Å²) in [5.74, 6) is 0. The van der Waals surface area contributed by atoms with Crippen molar-refractivity contribution in [2.75, 3.05) is 6.61 Å². The summed E-state index contributed by atoms with van der Waals surface area (Å²) >= 11 is 5.23. The minimum atomic E-state index is 0.275. The lowest BCUT2D eigenvalue weighted by molar-refractivity contribution is 0.111. The first-order chi connectivity index (χ1) is 6.31. The molecule has 0 aromatic carbocycles. The summed E-state index contributed by atoms with van der Waals surface area (Å²) in [7, 11) is 0. The summed E-state index contributed by atoms with van der Waals surface area (Å²) in [5.41, 5.74) is 1.15. The lowest BCUT2D eigenvalue weighted by Crippen LogP contribution is -1.94. The smallest absolute Gasteiger partial charge is 0.122 e. The van der Waals surface area contributed by atoms with Crippen LogP contribution < -0.4 is 0 Å². The maximum Gasteiger partial charge on any atom is 0.122 e. The quantitative estimate of drug-likeness (QED) is 0.763. The number of hydrogen-bond acceptors (Lipinski definition) is 3. The van der Waals surface area contributed by atoms with E-state index in [0.717, 1.165) is 29.1 Å². The van der Waals surface area contributed by atoms with E-state index in [1.54, 1.807) is 11.3 Å². The third kappa shape index (κ3) is 1.95. The van der Waals surface area contributed by atoms with Crippen molar-refractivity contribution in [2.24, 2.45) is 0 Å². The average molecular weight is 262 g/mol. The van der Waals surface area contributed by atoms with Gasteiger partial charge in [0.15, 0.2) is 0 Å². The Kier molecular flexibility index (Phi) is 3.01. The second kappa shape index (κ2) is 4.07. The van der Waals surface area contributed by atoms with E-state index in [0.29, 0.717) is 0 Å². The molecule has 13 heavy (non-hydrogen) atoms. The van der Waals surface area contributed by atoms with Gasteiger partial charge in [-0.05, 0) is 19.8 Å². The third-order valence-electron chi connectivity index (χ3n) is 2.24. The number of nitrogens with zero attached hydrogens (tertiary/aromatic N) is 1. The van der Waals surface area contributed by atoms with Crippen LogP contribution in [0.5, 0.6) is 0 Å². The van der Waals surface area contributed by atoms with Gasteiger partial charge in [0.1, 0.15) is 11.1 Å². The van der Waals surface area contributed by atoms with Crippen LogP contribution in [0.4, 0.5) is 0 Å². The molecule has 2 heterocycles. The van der Waals surface area contributed by atoms with Crippen molar-refractivity contribution in [1.82, 2.24) is 4.98 Å². The fraction of sp³-hybridized carbons (Fsp3) is 0.667. The van der Waals surface area contributed by atoms with Crippen LogP contribution in [-0.4, -0.2) is 11.6 Å². The molecule has 0 radical (unpaired) electrons. The first-order valence-electron chi connectivity index (χ1n) is 4.45. The maximum atomic E-state index is 5.58. The normalized spacial score (nSPS) is 22.5. The van der Waals surface area contributed by atoms with E-state index in [2.05, 4.69) is 27.8 Å². The van der Waals surface area contributed by atoms with Crippen molar-refractivity contribution in [1.29, 1.82) is 0 Å². The standard InChI is InChI=1S/C9H12BrNOS/c1-6-8(5-10)13-9(11-6)7-3-2-4-12-7/h7H,2-5H2,1H3. The van der Waals surface area contributed by atoms with Gasteiger partial charge in [0.25, 0.3) is 0 Å². The molecule has 0 saturated carbocycles. The predicted octanol–water partition coefficient (Wildman–Crippen LogP) is 3.20. The van der Waals surface area contributed by atoms with E-state index in [1.165, 1.54) is 11.3 Å². The Morgan fingerprint density at radius 1 is 1.69 bits per heavy atom. The summed E-state index contributed by atoms with van der Waals surface area (Å²) in [5, 5.41) is 2.06. The van der Waals surface area contributed by atoms with E-state index in [1.807, 2.05) is 0 Å². The Labute approximate surface area is 90.5 Å². The third-order valence-corrected chi connectivity index (χ3v) is 4.42. The molecule has 0 aliphatic carbocycles. The zero-order valence-corrected chi connectivity index (χ0v) is 9.95. The second-order valence-electron chi connectivity index (χ2n) is 3.20. The number of aromatic nitrogens is 1. The number of thiazole rings is 1. The molecule has 0 N–H and O–H groups in total. The van der Waals surface area contributed by atoms with Crippen molar-refractivity contribution >= 4 is 27.3 Å². The molecular weight excluding hydrogens is 250 g/mol. The van der Waals surface area contributed by atoms with Crippen LogP contribution >= 0.6 is 27.3 Å². The Morgan fingerprint density at radius 3 is 3.08 bits per heavy atom. The molecule has 1 aromatic heterocycles. The molecule has 1 aromatic rings. The number of hydrogen-bond donors (Lipinski definition) is 0. The molecule has 1 aliphatic heterocycles. The van der Waals surface area contributed by atoms with Gasteiger partial charge in [0.2, 0.25) is 0 Å². The minimum Gasteiger partial charge on any atom is -0.371 e. The monoisotopic (exact) mass is 261 g/mol. The largest absolute Gasteiger partial charge is 0.371 e. The molecular formula is C9H12BrNOS. The summed E-state index contributed by atoms with van der Waals surface area (Å²) in [4.78, 5) is 5.85. The highest BCUT2D eigenvalue weighted by atomic mass is 79.9. The SMILES string of the molecule is Cc1nc(C2CCCO2)sc1CBr. The number of halogens is 1. The van der Waals surface area contributed by atoms with Crippen LogP contribution in [0.25, 0.3) is 0 Å². The van der Waals surface area contributed by atoms with Gasteiger partial charge in [-0.25, -0.2) is 4.98 Å². The molecule has 4 heteroatoms. The molecule has 2 nitrogen and oxygen atoms in total. The molecule has 1 aliphatic rings. The van der Waals surface area contributed by atoms with Crippen LogP contribution in [0.2, 0.25) is 0 Å². The van der Waals surface area contributed by atoms with Crippen molar-refractivity contribution < 1.29 is 4.74 Å². The zero-order valence-electron chi connectivity index (χ0n) is 7.55. The van der Waals surface area contributed by atoms with Gasteiger partial charge >= 0.3 is 0 Å². The molecule has 1 unspecified atom stereocenters. The summed E-state index contributed by atoms with van der Waals surface area (Å²) in [6, 6.07) is 0. The number of ether oxygens (including phenoxy) is 1. The molecule has 0 bridgehead atoms. The highest BCUT2D eigenvalue weighted by molar-refractivity contribution is 9.08. The number of aryl methyl sites for hydroxylation is 1. The molecule has 72 valence electrons. The average Bonchev–Trinajstić information content (AvgIpc) is 2.71. The van der Waals surface area contributed by atoms with Crippen LogP contribution in [0.1, 0.15) is 34.5 Å². The van der Waals surface area contributed by atoms with E-state index in [9.17, 15) is 0 Å². The number of rotatable bonds is 2.